The van der Waals surface area contributed by atoms with Gasteiger partial charge < -0.3 is 10.2 Å². The second-order valence-corrected chi connectivity index (χ2v) is 6.39. The molecule has 1 aliphatic heterocycles. The van der Waals surface area contributed by atoms with E-state index in [4.69, 9.17) is 0 Å². The summed E-state index contributed by atoms with van der Waals surface area (Å²) in [5.74, 6) is 1.05. The van der Waals surface area contributed by atoms with Crippen molar-refractivity contribution in [3.05, 3.63) is 60.6 Å². The summed E-state index contributed by atoms with van der Waals surface area (Å²) in [5, 5.41) is 7.39. The van der Waals surface area contributed by atoms with Crippen molar-refractivity contribution in [3.8, 4) is 0 Å². The number of fused-ring (bicyclic) bond motifs is 1. The lowest BCUT2D eigenvalue weighted by Gasteiger charge is -2.32. The quantitative estimate of drug-likeness (QED) is 0.794. The molecule has 1 saturated heterocycles. The van der Waals surface area contributed by atoms with Crippen LogP contribution in [0.25, 0.3) is 5.52 Å². The molecule has 25 heavy (non-hydrogen) atoms. The van der Waals surface area contributed by atoms with Gasteiger partial charge in [0.1, 0.15) is 5.82 Å². The molecule has 0 radical (unpaired) electrons. The van der Waals surface area contributed by atoms with Crippen LogP contribution < -0.4 is 10.2 Å². The zero-order valence-corrected chi connectivity index (χ0v) is 14.0. The third kappa shape index (κ3) is 3.33. The number of carbonyl (C=O) groups excluding carboxylic acids is 1. The summed E-state index contributed by atoms with van der Waals surface area (Å²) in [6, 6.07) is 11.8. The van der Waals surface area contributed by atoms with Crippen molar-refractivity contribution in [2.24, 2.45) is 5.92 Å². The van der Waals surface area contributed by atoms with Gasteiger partial charge in [0.25, 0.3) is 0 Å². The number of amides is 1. The highest BCUT2D eigenvalue weighted by Crippen LogP contribution is 2.21. The summed E-state index contributed by atoms with van der Waals surface area (Å²) < 4.78 is 1.82. The molecule has 0 saturated carbocycles. The first-order valence-corrected chi connectivity index (χ1v) is 8.66. The van der Waals surface area contributed by atoms with E-state index in [1.807, 2.05) is 53.3 Å². The van der Waals surface area contributed by atoms with Gasteiger partial charge in [-0.2, -0.15) is 5.10 Å². The molecule has 0 aromatic carbocycles. The summed E-state index contributed by atoms with van der Waals surface area (Å²) in [6.07, 6.45) is 7.45. The van der Waals surface area contributed by atoms with E-state index in [0.717, 1.165) is 42.8 Å². The highest BCUT2D eigenvalue weighted by molar-refractivity contribution is 5.79. The molecule has 3 aromatic rings. The number of anilines is 1. The van der Waals surface area contributed by atoms with Crippen LogP contribution in [0.5, 0.6) is 0 Å². The van der Waals surface area contributed by atoms with Crippen LogP contribution in [0.3, 0.4) is 0 Å². The predicted molar refractivity (Wildman–Crippen MR) is 96.2 cm³/mol. The van der Waals surface area contributed by atoms with Crippen molar-refractivity contribution >= 4 is 17.2 Å². The minimum Gasteiger partial charge on any atom is -0.356 e. The van der Waals surface area contributed by atoms with Crippen molar-refractivity contribution in [2.45, 2.75) is 19.4 Å². The summed E-state index contributed by atoms with van der Waals surface area (Å²) >= 11 is 0. The van der Waals surface area contributed by atoms with E-state index in [1.165, 1.54) is 0 Å². The van der Waals surface area contributed by atoms with Crippen molar-refractivity contribution in [3.63, 3.8) is 0 Å². The molecule has 1 N–H and O–H groups in total. The molecular weight excluding hydrogens is 314 g/mol. The predicted octanol–water partition coefficient (Wildman–Crippen LogP) is 2.26. The van der Waals surface area contributed by atoms with Crippen LogP contribution in [0.2, 0.25) is 0 Å². The van der Waals surface area contributed by atoms with E-state index >= 15 is 0 Å². The van der Waals surface area contributed by atoms with E-state index < -0.39 is 0 Å². The Kier molecular flexibility index (Phi) is 4.33. The van der Waals surface area contributed by atoms with Crippen molar-refractivity contribution in [1.82, 2.24) is 19.9 Å². The largest absolute Gasteiger partial charge is 0.356 e. The fourth-order valence-electron chi connectivity index (χ4n) is 3.39. The van der Waals surface area contributed by atoms with Gasteiger partial charge in [0.05, 0.1) is 17.6 Å². The number of aromatic nitrogens is 3. The molecule has 0 bridgehead atoms. The lowest BCUT2D eigenvalue weighted by atomic mass is 9.97. The Morgan fingerprint density at radius 2 is 2.16 bits per heavy atom. The fraction of sp³-hybridized carbons (Fsp3) is 0.316. The van der Waals surface area contributed by atoms with Crippen LogP contribution in [0.1, 0.15) is 18.4 Å². The fourth-order valence-corrected chi connectivity index (χ4v) is 3.39. The lowest BCUT2D eigenvalue weighted by molar-refractivity contribution is -0.125. The van der Waals surface area contributed by atoms with Crippen LogP contribution in [-0.2, 0) is 11.3 Å². The Labute approximate surface area is 146 Å². The van der Waals surface area contributed by atoms with E-state index in [9.17, 15) is 4.79 Å². The summed E-state index contributed by atoms with van der Waals surface area (Å²) in [5.41, 5.74) is 2.06. The molecule has 0 aliphatic carbocycles. The van der Waals surface area contributed by atoms with Crippen LogP contribution in [-0.4, -0.2) is 33.6 Å². The molecule has 4 heterocycles. The average Bonchev–Trinajstić information content (AvgIpc) is 3.10. The van der Waals surface area contributed by atoms with Gasteiger partial charge in [0.15, 0.2) is 0 Å². The molecular formula is C19H21N5O. The Balaban J connectivity index is 1.39. The van der Waals surface area contributed by atoms with Gasteiger partial charge in [-0.15, -0.1) is 0 Å². The summed E-state index contributed by atoms with van der Waals surface area (Å²) in [7, 11) is 0. The highest BCUT2D eigenvalue weighted by atomic mass is 16.1. The molecule has 4 rings (SSSR count). The number of nitrogens with zero attached hydrogens (tertiary/aromatic N) is 4. The molecule has 6 nitrogen and oxygen atoms in total. The number of pyridine rings is 2. The molecule has 0 spiro atoms. The average molecular weight is 335 g/mol. The second kappa shape index (κ2) is 6.93. The maximum atomic E-state index is 12.6. The molecule has 1 atom stereocenters. The number of nitrogens with one attached hydrogen (secondary N) is 1. The Morgan fingerprint density at radius 1 is 1.24 bits per heavy atom. The minimum absolute atomic E-state index is 0.00223. The van der Waals surface area contributed by atoms with Crippen LogP contribution in [0.4, 0.5) is 5.82 Å². The van der Waals surface area contributed by atoms with E-state index in [2.05, 4.69) is 20.3 Å². The van der Waals surface area contributed by atoms with Gasteiger partial charge in [-0.05, 0) is 37.1 Å². The molecule has 1 amide bonds. The minimum atomic E-state index is -0.00223. The smallest absolute Gasteiger partial charge is 0.225 e. The third-order valence-corrected chi connectivity index (χ3v) is 4.72. The summed E-state index contributed by atoms with van der Waals surface area (Å²) in [4.78, 5) is 19.2. The first kappa shape index (κ1) is 15.6. The molecule has 6 heteroatoms. The van der Waals surface area contributed by atoms with E-state index in [-0.39, 0.29) is 11.8 Å². The highest BCUT2D eigenvalue weighted by Gasteiger charge is 2.26. The van der Waals surface area contributed by atoms with Gasteiger partial charge in [-0.3, -0.25) is 4.79 Å². The van der Waals surface area contributed by atoms with Crippen LogP contribution in [0, 0.1) is 5.92 Å². The maximum absolute atomic E-state index is 12.6. The Morgan fingerprint density at radius 3 is 3.04 bits per heavy atom. The third-order valence-electron chi connectivity index (χ3n) is 4.72. The number of carbonyl (C=O) groups is 1. The first-order chi connectivity index (χ1) is 12.3. The van der Waals surface area contributed by atoms with Crippen LogP contribution in [0.15, 0.2) is 55.0 Å². The SMILES string of the molecule is O=C(NCc1cnn2ccccc12)C1CCCN(c2ccccn2)C1. The number of rotatable bonds is 4. The number of hydrogen-bond donors (Lipinski definition) is 1. The Hall–Kier alpha value is -2.89. The van der Waals surface area contributed by atoms with E-state index in [0.29, 0.717) is 6.54 Å². The monoisotopic (exact) mass is 335 g/mol. The zero-order valence-electron chi connectivity index (χ0n) is 14.0. The molecule has 1 fully saturated rings. The molecule has 3 aromatic heterocycles. The topological polar surface area (TPSA) is 62.5 Å². The van der Waals surface area contributed by atoms with Crippen molar-refractivity contribution in [2.75, 3.05) is 18.0 Å². The van der Waals surface area contributed by atoms with Crippen molar-refractivity contribution in [1.29, 1.82) is 0 Å². The lowest BCUT2D eigenvalue weighted by Crippen LogP contribution is -2.43. The summed E-state index contributed by atoms with van der Waals surface area (Å²) in [6.45, 7) is 2.18. The molecule has 128 valence electrons. The van der Waals surface area contributed by atoms with Gasteiger partial charge >= 0.3 is 0 Å². The normalized spacial score (nSPS) is 17.6. The maximum Gasteiger partial charge on any atom is 0.225 e. The Bertz CT molecular complexity index is 860. The van der Waals surface area contributed by atoms with Gasteiger partial charge in [0.2, 0.25) is 5.91 Å². The zero-order chi connectivity index (χ0) is 17.1. The first-order valence-electron chi connectivity index (χ1n) is 8.66. The van der Waals surface area contributed by atoms with Crippen LogP contribution >= 0.6 is 0 Å². The van der Waals surface area contributed by atoms with Gasteiger partial charge in [-0.1, -0.05) is 12.1 Å². The molecule has 1 unspecified atom stereocenters. The van der Waals surface area contributed by atoms with Crippen molar-refractivity contribution < 1.29 is 4.79 Å². The standard InChI is InChI=1S/C19H21N5O/c25-19(21-12-16-13-22-24-11-4-2-7-17(16)24)15-6-5-10-23(14-15)18-8-1-3-9-20-18/h1-4,7-9,11,13,15H,5-6,10,12,14H2,(H,21,25). The number of hydrogen-bond acceptors (Lipinski definition) is 4. The van der Waals surface area contributed by atoms with E-state index in [1.54, 1.807) is 6.20 Å². The van der Waals surface area contributed by atoms with Gasteiger partial charge in [-0.25, -0.2) is 9.50 Å². The molecule has 1 aliphatic rings. The number of piperidine rings is 1. The second-order valence-electron chi connectivity index (χ2n) is 6.39. The van der Waals surface area contributed by atoms with Gasteiger partial charge in [0, 0.05) is 37.6 Å².